The van der Waals surface area contributed by atoms with E-state index in [1.54, 1.807) is 0 Å². The van der Waals surface area contributed by atoms with Gasteiger partial charge in [-0.15, -0.1) is 0 Å². The van der Waals surface area contributed by atoms with Crippen molar-refractivity contribution in [2.75, 3.05) is 25.4 Å². The Labute approximate surface area is 148 Å². The Balaban J connectivity index is 1.32. The van der Waals surface area contributed by atoms with Gasteiger partial charge in [-0.05, 0) is 11.1 Å². The van der Waals surface area contributed by atoms with E-state index in [1.165, 1.54) is 21.6 Å². The topological polar surface area (TPSA) is 33.5 Å². The van der Waals surface area contributed by atoms with Gasteiger partial charge < -0.3 is 10.2 Å². The zero-order chi connectivity index (χ0) is 16.6. The van der Waals surface area contributed by atoms with E-state index in [-0.39, 0.29) is 5.91 Å². The number of fused-ring (bicyclic) bond motifs is 1. The highest BCUT2D eigenvalue weighted by molar-refractivity contribution is 7.98. The molecule has 1 aliphatic rings. The average Bonchev–Trinajstić information content (AvgIpc) is 2.62. The van der Waals surface area contributed by atoms with Gasteiger partial charge in [-0.25, -0.2) is 0 Å². The van der Waals surface area contributed by atoms with Crippen LogP contribution in [0.25, 0.3) is 0 Å². The van der Waals surface area contributed by atoms with Gasteiger partial charge in [-0.2, -0.15) is 11.8 Å². The number of hydrogen-bond acceptors (Lipinski definition) is 2. The molecule has 3 nitrogen and oxygen atoms in total. The van der Waals surface area contributed by atoms with Gasteiger partial charge in [-0.3, -0.25) is 4.79 Å². The van der Waals surface area contributed by atoms with E-state index < -0.39 is 0 Å². The van der Waals surface area contributed by atoms with Gasteiger partial charge in [-0.1, -0.05) is 54.6 Å². The summed E-state index contributed by atoms with van der Waals surface area (Å²) < 4.78 is 0. The molecule has 4 heteroatoms. The quantitative estimate of drug-likeness (QED) is 0.751. The highest BCUT2D eigenvalue weighted by atomic mass is 32.2. The highest BCUT2D eigenvalue weighted by Gasteiger charge is 2.20. The third-order valence-corrected chi connectivity index (χ3v) is 5.43. The van der Waals surface area contributed by atoms with E-state index in [9.17, 15) is 4.79 Å². The van der Waals surface area contributed by atoms with Crippen molar-refractivity contribution < 1.29 is 9.69 Å². The first-order valence-electron chi connectivity index (χ1n) is 8.60. The lowest BCUT2D eigenvalue weighted by atomic mass is 10.00. The molecule has 1 unspecified atom stereocenters. The van der Waals surface area contributed by atoms with Crippen molar-refractivity contribution in [3.63, 3.8) is 0 Å². The Morgan fingerprint density at radius 1 is 1.04 bits per heavy atom. The number of carbonyl (C=O) groups excluding carboxylic acids is 1. The Morgan fingerprint density at radius 3 is 2.62 bits per heavy atom. The number of rotatable bonds is 7. The number of amides is 1. The highest BCUT2D eigenvalue weighted by Crippen LogP contribution is 2.11. The van der Waals surface area contributed by atoms with Crippen molar-refractivity contribution in [1.82, 2.24) is 5.32 Å². The number of hydrogen-bond donors (Lipinski definition) is 2. The molecule has 1 heterocycles. The minimum Gasteiger partial charge on any atom is -0.350 e. The second-order valence-electron chi connectivity index (χ2n) is 6.26. The van der Waals surface area contributed by atoms with Crippen LogP contribution in [0.15, 0.2) is 54.6 Å². The van der Waals surface area contributed by atoms with Gasteiger partial charge in [0.2, 0.25) is 0 Å². The van der Waals surface area contributed by atoms with Crippen LogP contribution in [0.4, 0.5) is 0 Å². The summed E-state index contributed by atoms with van der Waals surface area (Å²) in [4.78, 5) is 13.5. The molecule has 0 fully saturated rings. The third-order valence-electron chi connectivity index (χ3n) is 4.40. The fourth-order valence-electron chi connectivity index (χ4n) is 3.11. The van der Waals surface area contributed by atoms with Crippen molar-refractivity contribution in [1.29, 1.82) is 0 Å². The summed E-state index contributed by atoms with van der Waals surface area (Å²) in [6.45, 7) is 3.34. The van der Waals surface area contributed by atoms with Crippen LogP contribution in [0.2, 0.25) is 0 Å². The van der Waals surface area contributed by atoms with Crippen molar-refractivity contribution in [3.05, 3.63) is 71.3 Å². The Bertz CT molecular complexity index is 660. The van der Waals surface area contributed by atoms with Crippen LogP contribution in [0.1, 0.15) is 16.7 Å². The molecule has 1 aliphatic heterocycles. The Kier molecular flexibility index (Phi) is 6.33. The third kappa shape index (κ3) is 5.11. The number of benzene rings is 2. The van der Waals surface area contributed by atoms with Crippen molar-refractivity contribution >= 4 is 17.7 Å². The van der Waals surface area contributed by atoms with E-state index in [2.05, 4.69) is 53.8 Å². The summed E-state index contributed by atoms with van der Waals surface area (Å²) in [7, 11) is 0. The number of carbonyl (C=O) groups is 1. The predicted molar refractivity (Wildman–Crippen MR) is 100 cm³/mol. The molecule has 1 atom stereocenters. The van der Waals surface area contributed by atoms with Crippen LogP contribution >= 0.6 is 11.8 Å². The SMILES string of the molecule is O=C(C[NH+]1CCc2ccccc2C1)NCCSCc1ccccc1. The predicted octanol–water partition coefficient (Wildman–Crippen LogP) is 1.68. The fraction of sp³-hybridized carbons (Fsp3) is 0.350. The molecule has 0 aromatic heterocycles. The molecule has 0 spiro atoms. The number of nitrogens with one attached hydrogen (secondary N) is 2. The lowest BCUT2D eigenvalue weighted by Gasteiger charge is -2.25. The molecule has 0 saturated heterocycles. The van der Waals surface area contributed by atoms with Crippen LogP contribution in [-0.2, 0) is 23.5 Å². The monoisotopic (exact) mass is 341 g/mol. The summed E-state index contributed by atoms with van der Waals surface area (Å²) in [6.07, 6.45) is 1.08. The molecule has 0 bridgehead atoms. The standard InChI is InChI=1S/C20H24N2OS/c23-20(21-11-13-24-16-17-6-2-1-3-7-17)15-22-12-10-18-8-4-5-9-19(18)14-22/h1-9H,10-16H2,(H,21,23)/p+1. The molecule has 1 amide bonds. The van der Waals surface area contributed by atoms with Crippen LogP contribution in [0, 0.1) is 0 Å². The van der Waals surface area contributed by atoms with Gasteiger partial charge >= 0.3 is 0 Å². The molecule has 24 heavy (non-hydrogen) atoms. The Morgan fingerprint density at radius 2 is 1.79 bits per heavy atom. The summed E-state index contributed by atoms with van der Waals surface area (Å²) >= 11 is 1.86. The molecule has 2 aromatic carbocycles. The maximum absolute atomic E-state index is 12.1. The average molecular weight is 342 g/mol. The van der Waals surface area contributed by atoms with Gasteiger partial charge in [0.25, 0.3) is 5.91 Å². The maximum Gasteiger partial charge on any atom is 0.275 e. The summed E-state index contributed by atoms with van der Waals surface area (Å²) in [5.74, 6) is 2.13. The van der Waals surface area contributed by atoms with E-state index in [0.717, 1.165) is 37.6 Å². The van der Waals surface area contributed by atoms with Gasteiger partial charge in [0, 0.05) is 30.0 Å². The molecule has 0 radical (unpaired) electrons. The molecule has 0 saturated carbocycles. The van der Waals surface area contributed by atoms with Gasteiger partial charge in [0.1, 0.15) is 6.54 Å². The Hall–Kier alpha value is -1.78. The van der Waals surface area contributed by atoms with Crippen molar-refractivity contribution in [2.45, 2.75) is 18.7 Å². The zero-order valence-corrected chi connectivity index (χ0v) is 14.8. The van der Waals surface area contributed by atoms with E-state index in [1.807, 2.05) is 17.8 Å². The summed E-state index contributed by atoms with van der Waals surface area (Å²) in [5, 5.41) is 3.06. The molecular weight excluding hydrogens is 316 g/mol. The summed E-state index contributed by atoms with van der Waals surface area (Å²) in [6, 6.07) is 19.0. The largest absolute Gasteiger partial charge is 0.350 e. The minimum atomic E-state index is 0.171. The van der Waals surface area contributed by atoms with Gasteiger partial charge in [0.15, 0.2) is 6.54 Å². The lowest BCUT2D eigenvalue weighted by molar-refractivity contribution is -0.908. The first kappa shape index (κ1) is 17.1. The van der Waals surface area contributed by atoms with E-state index in [4.69, 9.17) is 0 Å². The summed E-state index contributed by atoms with van der Waals surface area (Å²) in [5.41, 5.74) is 4.18. The maximum atomic E-state index is 12.1. The number of thioether (sulfide) groups is 1. The molecule has 3 rings (SSSR count). The van der Waals surface area contributed by atoms with Crippen LogP contribution in [-0.4, -0.2) is 31.3 Å². The minimum absolute atomic E-state index is 0.171. The van der Waals surface area contributed by atoms with Crippen LogP contribution < -0.4 is 10.2 Å². The van der Waals surface area contributed by atoms with Crippen molar-refractivity contribution in [3.8, 4) is 0 Å². The van der Waals surface area contributed by atoms with Crippen molar-refractivity contribution in [2.24, 2.45) is 0 Å². The second kappa shape index (κ2) is 8.90. The smallest absolute Gasteiger partial charge is 0.275 e. The molecule has 126 valence electrons. The lowest BCUT2D eigenvalue weighted by Crippen LogP contribution is -3.12. The second-order valence-corrected chi connectivity index (χ2v) is 7.37. The molecule has 2 aromatic rings. The molecule has 2 N–H and O–H groups in total. The van der Waals surface area contributed by atoms with E-state index in [0.29, 0.717) is 6.54 Å². The molecular formula is C20H25N2OS+. The number of quaternary nitrogens is 1. The normalized spacial score (nSPS) is 16.4. The first-order chi connectivity index (χ1) is 11.8. The van der Waals surface area contributed by atoms with Crippen LogP contribution in [0.5, 0.6) is 0 Å². The zero-order valence-electron chi connectivity index (χ0n) is 14.0. The van der Waals surface area contributed by atoms with E-state index >= 15 is 0 Å². The first-order valence-corrected chi connectivity index (χ1v) is 9.75. The van der Waals surface area contributed by atoms with Gasteiger partial charge in [0.05, 0.1) is 6.54 Å². The molecule has 0 aliphatic carbocycles. The fourth-order valence-corrected chi connectivity index (χ4v) is 3.93. The van der Waals surface area contributed by atoms with Crippen LogP contribution in [0.3, 0.4) is 0 Å².